The third kappa shape index (κ3) is 3.96. The first-order valence-electron chi connectivity index (χ1n) is 10.3. The van der Waals surface area contributed by atoms with Crippen molar-refractivity contribution in [3.8, 4) is 0 Å². The summed E-state index contributed by atoms with van der Waals surface area (Å²) in [5.74, 6) is -1.69. The number of ketones is 1. The summed E-state index contributed by atoms with van der Waals surface area (Å²) < 4.78 is 40.8. The zero-order valence-corrected chi connectivity index (χ0v) is 18.3. The number of halogens is 1. The first-order valence-corrected chi connectivity index (χ1v) is 11.7. The van der Waals surface area contributed by atoms with E-state index in [1.165, 1.54) is 35.5 Å². The molecule has 2 heterocycles. The van der Waals surface area contributed by atoms with Crippen molar-refractivity contribution < 1.29 is 32.1 Å². The fraction of sp³-hybridized carbons (Fsp3) is 0.318. The van der Waals surface area contributed by atoms with Gasteiger partial charge in [-0.15, -0.1) is 0 Å². The lowest BCUT2D eigenvalue weighted by molar-refractivity contribution is -0.918. The molecule has 0 aromatic heterocycles. The van der Waals surface area contributed by atoms with Crippen LogP contribution in [0.1, 0.15) is 23.7 Å². The number of hydrogen-bond donors (Lipinski definition) is 1. The third-order valence-electron chi connectivity index (χ3n) is 5.97. The summed E-state index contributed by atoms with van der Waals surface area (Å²) in [6.45, 7) is 2.28. The van der Waals surface area contributed by atoms with E-state index < -0.39 is 21.9 Å². The molecule has 0 spiro atoms. The van der Waals surface area contributed by atoms with Gasteiger partial charge in [0.25, 0.3) is 5.91 Å². The van der Waals surface area contributed by atoms with Gasteiger partial charge in [-0.1, -0.05) is 24.3 Å². The summed E-state index contributed by atoms with van der Waals surface area (Å²) in [7, 11) is -3.98. The number of quaternary nitrogens is 1. The van der Waals surface area contributed by atoms with Crippen LogP contribution in [-0.4, -0.2) is 62.5 Å². The molecule has 10 heteroatoms. The molecule has 1 atom stereocenters. The standard InChI is InChI=1S/C22H22FN3O5S/c1-15(27)16-5-4-6-17(13-16)26-21(28)14-19(22(26)29)24-9-11-25(12-10-24)32(30,31)20-8-3-2-7-18(20)23/h2-8,13,19H,9-12,14H2,1H3/p+1/t19-/m0/s1. The van der Waals surface area contributed by atoms with Gasteiger partial charge in [-0.05, 0) is 31.2 Å². The number of nitrogens with one attached hydrogen (secondary N) is 1. The SMILES string of the molecule is CC(=O)c1cccc(N2C(=O)C[C@H]([NH+]3CCN(S(=O)(=O)c4ccccc4F)CC3)C2=O)c1. The van der Waals surface area contributed by atoms with E-state index >= 15 is 0 Å². The number of anilines is 1. The highest BCUT2D eigenvalue weighted by Gasteiger charge is 2.47. The quantitative estimate of drug-likeness (QED) is 0.510. The van der Waals surface area contributed by atoms with Crippen LogP contribution in [0.2, 0.25) is 0 Å². The van der Waals surface area contributed by atoms with Gasteiger partial charge in [0.2, 0.25) is 15.9 Å². The van der Waals surface area contributed by atoms with E-state index in [9.17, 15) is 27.2 Å². The molecule has 0 radical (unpaired) electrons. The molecule has 2 aliphatic heterocycles. The van der Waals surface area contributed by atoms with Crippen LogP contribution in [0.3, 0.4) is 0 Å². The molecule has 1 N–H and O–H groups in total. The van der Waals surface area contributed by atoms with Gasteiger partial charge in [0.1, 0.15) is 10.7 Å². The zero-order chi connectivity index (χ0) is 23.0. The summed E-state index contributed by atoms with van der Waals surface area (Å²) in [5, 5.41) is 0. The molecular weight excluding hydrogens is 437 g/mol. The topological polar surface area (TPSA) is 96.3 Å². The average Bonchev–Trinajstić information content (AvgIpc) is 3.08. The maximum absolute atomic E-state index is 14.0. The normalized spacial score (nSPS) is 20.7. The number of piperazine rings is 1. The molecule has 2 aromatic rings. The van der Waals surface area contributed by atoms with Gasteiger partial charge in [-0.2, -0.15) is 4.31 Å². The summed E-state index contributed by atoms with van der Waals surface area (Å²) in [5.41, 5.74) is 0.765. The van der Waals surface area contributed by atoms with Crippen molar-refractivity contribution in [2.45, 2.75) is 24.3 Å². The highest BCUT2D eigenvalue weighted by molar-refractivity contribution is 7.89. The van der Waals surface area contributed by atoms with E-state index in [0.717, 1.165) is 15.9 Å². The number of nitrogens with zero attached hydrogens (tertiary/aromatic N) is 2. The van der Waals surface area contributed by atoms with Crippen molar-refractivity contribution >= 4 is 33.3 Å². The van der Waals surface area contributed by atoms with Gasteiger partial charge in [-0.25, -0.2) is 17.7 Å². The Bertz CT molecular complexity index is 1190. The van der Waals surface area contributed by atoms with Crippen LogP contribution < -0.4 is 9.80 Å². The van der Waals surface area contributed by atoms with Crippen molar-refractivity contribution in [2.75, 3.05) is 31.1 Å². The van der Waals surface area contributed by atoms with E-state index in [2.05, 4.69) is 0 Å². The first-order chi connectivity index (χ1) is 15.2. The third-order valence-corrected chi connectivity index (χ3v) is 7.90. The van der Waals surface area contributed by atoms with Crippen LogP contribution in [0.4, 0.5) is 10.1 Å². The number of amides is 2. The molecule has 168 valence electrons. The maximum atomic E-state index is 14.0. The minimum Gasteiger partial charge on any atom is -0.322 e. The van der Waals surface area contributed by atoms with E-state index in [4.69, 9.17) is 0 Å². The van der Waals surface area contributed by atoms with Gasteiger partial charge in [0.15, 0.2) is 11.8 Å². The maximum Gasteiger partial charge on any atom is 0.292 e. The van der Waals surface area contributed by atoms with Gasteiger partial charge in [0, 0.05) is 5.56 Å². The van der Waals surface area contributed by atoms with Gasteiger partial charge >= 0.3 is 0 Å². The molecule has 0 bridgehead atoms. The van der Waals surface area contributed by atoms with Crippen LogP contribution in [0, 0.1) is 5.82 Å². The summed E-state index contributed by atoms with van der Waals surface area (Å²) in [4.78, 5) is 38.9. The molecule has 0 aliphatic carbocycles. The predicted molar refractivity (Wildman–Crippen MR) is 113 cm³/mol. The number of benzene rings is 2. The second kappa shape index (κ2) is 8.53. The van der Waals surface area contributed by atoms with Gasteiger partial charge < -0.3 is 4.90 Å². The molecule has 2 amide bonds. The molecule has 2 aromatic carbocycles. The van der Waals surface area contributed by atoms with E-state index in [1.54, 1.807) is 18.2 Å². The lowest BCUT2D eigenvalue weighted by Crippen LogP contribution is -3.19. The van der Waals surface area contributed by atoms with Crippen molar-refractivity contribution in [2.24, 2.45) is 0 Å². The zero-order valence-electron chi connectivity index (χ0n) is 17.5. The van der Waals surface area contributed by atoms with Crippen LogP contribution in [0.5, 0.6) is 0 Å². The number of Topliss-reactive ketones (excluding diaryl/α,β-unsaturated/α-hetero) is 1. The molecule has 8 nitrogen and oxygen atoms in total. The lowest BCUT2D eigenvalue weighted by Gasteiger charge is -2.33. The molecule has 2 fully saturated rings. The van der Waals surface area contributed by atoms with Gasteiger partial charge in [0.05, 0.1) is 38.3 Å². The molecule has 2 aliphatic rings. The Kier molecular flexibility index (Phi) is 5.93. The Hall–Kier alpha value is -2.95. The van der Waals surface area contributed by atoms with E-state index in [-0.39, 0.29) is 42.0 Å². The minimum absolute atomic E-state index is 0.0124. The fourth-order valence-corrected chi connectivity index (χ4v) is 5.75. The van der Waals surface area contributed by atoms with Crippen molar-refractivity contribution in [3.63, 3.8) is 0 Å². The molecular formula is C22H23FN3O5S+. The summed E-state index contributed by atoms with van der Waals surface area (Å²) >= 11 is 0. The smallest absolute Gasteiger partial charge is 0.292 e. The van der Waals surface area contributed by atoms with E-state index in [1.807, 2.05) is 0 Å². The lowest BCUT2D eigenvalue weighted by atomic mass is 10.1. The Balaban J connectivity index is 1.47. The Morgan fingerprint density at radius 2 is 1.75 bits per heavy atom. The number of imide groups is 1. The van der Waals surface area contributed by atoms with Crippen molar-refractivity contribution in [1.82, 2.24) is 4.31 Å². The minimum atomic E-state index is -3.98. The van der Waals surface area contributed by atoms with Crippen molar-refractivity contribution in [3.05, 3.63) is 59.9 Å². The molecule has 0 saturated carbocycles. The highest BCUT2D eigenvalue weighted by Crippen LogP contribution is 2.24. The molecule has 32 heavy (non-hydrogen) atoms. The number of carbonyl (C=O) groups excluding carboxylic acids is 3. The second-order valence-electron chi connectivity index (χ2n) is 7.92. The number of sulfonamides is 1. The van der Waals surface area contributed by atoms with E-state index in [0.29, 0.717) is 24.3 Å². The number of rotatable bonds is 5. The van der Waals surface area contributed by atoms with Crippen LogP contribution >= 0.6 is 0 Å². The summed E-state index contributed by atoms with van der Waals surface area (Å²) in [6.07, 6.45) is 0.0124. The van der Waals surface area contributed by atoms with Gasteiger partial charge in [-0.3, -0.25) is 14.4 Å². The monoisotopic (exact) mass is 460 g/mol. The fourth-order valence-electron chi connectivity index (χ4n) is 4.24. The Morgan fingerprint density at radius 3 is 2.41 bits per heavy atom. The number of carbonyl (C=O) groups is 3. The predicted octanol–water partition coefficient (Wildman–Crippen LogP) is 0.250. The first kappa shape index (κ1) is 22.3. The summed E-state index contributed by atoms with van der Waals surface area (Å²) in [6, 6.07) is 11.0. The molecule has 2 saturated heterocycles. The molecule has 0 unspecified atom stereocenters. The molecule has 4 rings (SSSR count). The highest BCUT2D eigenvalue weighted by atomic mass is 32.2. The number of hydrogen-bond acceptors (Lipinski definition) is 5. The van der Waals surface area contributed by atoms with Crippen LogP contribution in [0.25, 0.3) is 0 Å². The largest absolute Gasteiger partial charge is 0.322 e. The van der Waals surface area contributed by atoms with Crippen LogP contribution in [-0.2, 0) is 19.6 Å². The van der Waals surface area contributed by atoms with Crippen molar-refractivity contribution in [1.29, 1.82) is 0 Å². The Morgan fingerprint density at radius 1 is 1.06 bits per heavy atom. The van der Waals surface area contributed by atoms with Crippen LogP contribution in [0.15, 0.2) is 53.4 Å². The average molecular weight is 461 g/mol. The second-order valence-corrected chi connectivity index (χ2v) is 9.83. The Labute approximate surface area is 185 Å².